The van der Waals surface area contributed by atoms with Crippen molar-refractivity contribution in [1.82, 2.24) is 24.5 Å². The van der Waals surface area contributed by atoms with Crippen LogP contribution in [0.5, 0.6) is 0 Å². The SMILES string of the molecule is CC(C)OCCCCNc1nc(Cl)nc(-n2ccnc2)n1. The third-order valence-electron chi connectivity index (χ3n) is 2.64. The Morgan fingerprint density at radius 3 is 2.86 bits per heavy atom. The standard InChI is InChI=1S/C13H19ClN6O/c1-10(2)21-8-4-3-5-16-12-17-11(14)18-13(19-12)20-7-6-15-9-20/h6-7,9-10H,3-5,8H2,1-2H3,(H,16,17,18,19). The van der Waals surface area contributed by atoms with Crippen LogP contribution in [-0.4, -0.2) is 43.8 Å². The molecule has 0 aliphatic carbocycles. The summed E-state index contributed by atoms with van der Waals surface area (Å²) in [6.07, 6.45) is 7.24. The lowest BCUT2D eigenvalue weighted by Crippen LogP contribution is -2.11. The summed E-state index contributed by atoms with van der Waals surface area (Å²) < 4.78 is 7.16. The van der Waals surface area contributed by atoms with Gasteiger partial charge in [0.25, 0.3) is 0 Å². The summed E-state index contributed by atoms with van der Waals surface area (Å²) in [6, 6.07) is 0. The monoisotopic (exact) mass is 310 g/mol. The maximum Gasteiger partial charge on any atom is 0.241 e. The van der Waals surface area contributed by atoms with E-state index in [1.54, 1.807) is 23.3 Å². The van der Waals surface area contributed by atoms with Crippen LogP contribution >= 0.6 is 11.6 Å². The smallest absolute Gasteiger partial charge is 0.241 e. The van der Waals surface area contributed by atoms with Crippen LogP contribution in [0.15, 0.2) is 18.7 Å². The summed E-state index contributed by atoms with van der Waals surface area (Å²) in [6.45, 7) is 5.58. The largest absolute Gasteiger partial charge is 0.379 e. The molecule has 0 saturated carbocycles. The Balaban J connectivity index is 1.83. The number of hydrogen-bond acceptors (Lipinski definition) is 6. The molecule has 0 saturated heterocycles. The van der Waals surface area contributed by atoms with E-state index in [1.807, 2.05) is 13.8 Å². The van der Waals surface area contributed by atoms with Crippen molar-refractivity contribution >= 4 is 17.5 Å². The molecule has 1 N–H and O–H groups in total. The summed E-state index contributed by atoms with van der Waals surface area (Å²) in [5.41, 5.74) is 0. The van der Waals surface area contributed by atoms with E-state index < -0.39 is 0 Å². The third kappa shape index (κ3) is 5.28. The molecule has 0 radical (unpaired) electrons. The Bertz CT molecular complexity index is 546. The molecule has 2 rings (SSSR count). The van der Waals surface area contributed by atoms with Crippen molar-refractivity contribution in [2.24, 2.45) is 0 Å². The molecule has 0 spiro atoms. The highest BCUT2D eigenvalue weighted by atomic mass is 35.5. The van der Waals surface area contributed by atoms with Crippen LogP contribution in [0, 0.1) is 0 Å². The summed E-state index contributed by atoms with van der Waals surface area (Å²) >= 11 is 5.91. The fourth-order valence-electron chi connectivity index (χ4n) is 1.66. The molecular formula is C13H19ClN6O. The quantitative estimate of drug-likeness (QED) is 0.754. The van der Waals surface area contributed by atoms with E-state index in [1.165, 1.54) is 0 Å². The van der Waals surface area contributed by atoms with Crippen molar-refractivity contribution in [3.8, 4) is 5.95 Å². The molecule has 2 aromatic heterocycles. The van der Waals surface area contributed by atoms with Crippen LogP contribution in [0.3, 0.4) is 0 Å². The number of nitrogens with zero attached hydrogens (tertiary/aromatic N) is 5. The third-order valence-corrected chi connectivity index (χ3v) is 2.81. The second-order valence-electron chi connectivity index (χ2n) is 4.75. The van der Waals surface area contributed by atoms with Crippen molar-refractivity contribution in [2.75, 3.05) is 18.5 Å². The molecule has 21 heavy (non-hydrogen) atoms. The Labute approximate surface area is 128 Å². The van der Waals surface area contributed by atoms with Crippen molar-refractivity contribution < 1.29 is 4.74 Å². The van der Waals surface area contributed by atoms with Crippen LogP contribution in [0.4, 0.5) is 5.95 Å². The van der Waals surface area contributed by atoms with Gasteiger partial charge in [-0.3, -0.25) is 4.57 Å². The molecule has 114 valence electrons. The number of unbranched alkanes of at least 4 members (excludes halogenated alkanes) is 1. The Kier molecular flexibility index (Phi) is 5.89. The Morgan fingerprint density at radius 1 is 1.29 bits per heavy atom. The molecule has 8 heteroatoms. The predicted octanol–water partition coefficient (Wildman–Crippen LogP) is 2.33. The molecule has 7 nitrogen and oxygen atoms in total. The van der Waals surface area contributed by atoms with Gasteiger partial charge in [0, 0.05) is 25.5 Å². The summed E-state index contributed by atoms with van der Waals surface area (Å²) in [5, 5.41) is 3.29. The van der Waals surface area contributed by atoms with Gasteiger partial charge < -0.3 is 10.1 Å². The molecular weight excluding hydrogens is 292 g/mol. The number of rotatable bonds is 8. The van der Waals surface area contributed by atoms with Crippen LogP contribution in [0.25, 0.3) is 5.95 Å². The average molecular weight is 311 g/mol. The first kappa shape index (κ1) is 15.7. The molecule has 0 aromatic carbocycles. The van der Waals surface area contributed by atoms with Gasteiger partial charge in [-0.1, -0.05) is 0 Å². The summed E-state index contributed by atoms with van der Waals surface area (Å²) in [5.74, 6) is 0.904. The highest BCUT2D eigenvalue weighted by Crippen LogP contribution is 2.09. The zero-order valence-corrected chi connectivity index (χ0v) is 12.9. The zero-order chi connectivity index (χ0) is 15.1. The number of hydrogen-bond donors (Lipinski definition) is 1. The Hall–Kier alpha value is -1.73. The van der Waals surface area contributed by atoms with Gasteiger partial charge in [-0.05, 0) is 38.3 Å². The number of halogens is 1. The van der Waals surface area contributed by atoms with Gasteiger partial charge in [0.2, 0.25) is 17.2 Å². The molecule has 0 fully saturated rings. The lowest BCUT2D eigenvalue weighted by atomic mass is 10.3. The van der Waals surface area contributed by atoms with Gasteiger partial charge in [0.1, 0.15) is 6.33 Å². The van der Waals surface area contributed by atoms with Crippen LogP contribution in [-0.2, 0) is 4.74 Å². The minimum absolute atomic E-state index is 0.152. The number of imidazole rings is 1. The van der Waals surface area contributed by atoms with Gasteiger partial charge in [0.15, 0.2) is 0 Å². The highest BCUT2D eigenvalue weighted by molar-refractivity contribution is 6.28. The minimum atomic E-state index is 0.152. The highest BCUT2D eigenvalue weighted by Gasteiger charge is 2.06. The molecule has 2 heterocycles. The van der Waals surface area contributed by atoms with E-state index in [9.17, 15) is 0 Å². The molecule has 0 unspecified atom stereocenters. The molecule has 0 amide bonds. The van der Waals surface area contributed by atoms with Crippen LogP contribution in [0.1, 0.15) is 26.7 Å². The number of nitrogens with one attached hydrogen (secondary N) is 1. The van der Waals surface area contributed by atoms with Gasteiger partial charge in [-0.25, -0.2) is 4.98 Å². The number of anilines is 1. The topological polar surface area (TPSA) is 77.8 Å². The van der Waals surface area contributed by atoms with E-state index in [2.05, 4.69) is 25.3 Å². The maximum absolute atomic E-state index is 5.91. The van der Waals surface area contributed by atoms with Crippen molar-refractivity contribution in [3.63, 3.8) is 0 Å². The van der Waals surface area contributed by atoms with Crippen molar-refractivity contribution in [1.29, 1.82) is 0 Å². The van der Waals surface area contributed by atoms with Gasteiger partial charge in [0.05, 0.1) is 6.10 Å². The van der Waals surface area contributed by atoms with Gasteiger partial charge in [-0.15, -0.1) is 0 Å². The first-order valence-corrected chi connectivity index (χ1v) is 7.28. The average Bonchev–Trinajstić information content (AvgIpc) is 2.96. The lowest BCUT2D eigenvalue weighted by Gasteiger charge is -2.08. The van der Waals surface area contributed by atoms with E-state index in [-0.39, 0.29) is 11.4 Å². The summed E-state index contributed by atoms with van der Waals surface area (Å²) in [4.78, 5) is 16.4. The number of aromatic nitrogens is 5. The minimum Gasteiger partial charge on any atom is -0.379 e. The van der Waals surface area contributed by atoms with E-state index in [0.29, 0.717) is 11.9 Å². The number of ether oxygens (including phenoxy) is 1. The molecule has 2 aromatic rings. The first-order chi connectivity index (χ1) is 10.1. The van der Waals surface area contributed by atoms with E-state index in [4.69, 9.17) is 16.3 Å². The molecule has 0 bridgehead atoms. The van der Waals surface area contributed by atoms with Crippen LogP contribution < -0.4 is 5.32 Å². The predicted molar refractivity (Wildman–Crippen MR) is 80.8 cm³/mol. The second-order valence-corrected chi connectivity index (χ2v) is 5.09. The van der Waals surface area contributed by atoms with E-state index >= 15 is 0 Å². The second kappa shape index (κ2) is 7.90. The summed E-state index contributed by atoms with van der Waals surface area (Å²) in [7, 11) is 0. The van der Waals surface area contributed by atoms with Gasteiger partial charge in [-0.2, -0.15) is 15.0 Å². The normalized spacial score (nSPS) is 11.0. The first-order valence-electron chi connectivity index (χ1n) is 6.90. The Morgan fingerprint density at radius 2 is 2.14 bits per heavy atom. The van der Waals surface area contributed by atoms with Crippen LogP contribution in [0.2, 0.25) is 5.28 Å². The fourth-order valence-corrected chi connectivity index (χ4v) is 1.81. The fraction of sp³-hybridized carbons (Fsp3) is 0.538. The molecule has 0 aliphatic heterocycles. The van der Waals surface area contributed by atoms with Gasteiger partial charge >= 0.3 is 0 Å². The zero-order valence-electron chi connectivity index (χ0n) is 12.2. The molecule has 0 aliphatic rings. The molecule has 0 atom stereocenters. The lowest BCUT2D eigenvalue weighted by molar-refractivity contribution is 0.0765. The maximum atomic E-state index is 5.91. The van der Waals surface area contributed by atoms with E-state index in [0.717, 1.165) is 26.0 Å². The van der Waals surface area contributed by atoms with Crippen molar-refractivity contribution in [3.05, 3.63) is 24.0 Å². The van der Waals surface area contributed by atoms with Crippen molar-refractivity contribution in [2.45, 2.75) is 32.8 Å².